The standard InChI is InChI=1S/C18H13ClO6/c19-12-1-4-14(5-2-12)23-10-18(22)24-9-11-7-17(21)25-16-8-13(20)3-6-15(11)16/h1-8,20H,9-10H2. The molecule has 0 saturated heterocycles. The average molecular weight is 361 g/mol. The van der Waals surface area contributed by atoms with Gasteiger partial charge in [-0.2, -0.15) is 0 Å². The van der Waals surface area contributed by atoms with Crippen molar-refractivity contribution in [2.45, 2.75) is 6.61 Å². The van der Waals surface area contributed by atoms with E-state index in [-0.39, 0.29) is 24.5 Å². The molecule has 3 rings (SSSR count). The highest BCUT2D eigenvalue weighted by atomic mass is 35.5. The molecule has 1 heterocycles. The van der Waals surface area contributed by atoms with Gasteiger partial charge >= 0.3 is 11.6 Å². The quantitative estimate of drug-likeness (QED) is 0.555. The largest absolute Gasteiger partial charge is 0.508 e. The number of carbonyl (C=O) groups excluding carboxylic acids is 1. The third-order valence-electron chi connectivity index (χ3n) is 3.37. The number of hydrogen-bond donors (Lipinski definition) is 1. The number of aromatic hydroxyl groups is 1. The van der Waals surface area contributed by atoms with Gasteiger partial charge in [-0.25, -0.2) is 9.59 Å². The van der Waals surface area contributed by atoms with E-state index < -0.39 is 11.6 Å². The smallest absolute Gasteiger partial charge is 0.344 e. The fourth-order valence-electron chi connectivity index (χ4n) is 2.21. The lowest BCUT2D eigenvalue weighted by Crippen LogP contribution is -2.15. The highest BCUT2D eigenvalue weighted by Gasteiger charge is 2.10. The zero-order valence-electron chi connectivity index (χ0n) is 12.9. The molecular weight excluding hydrogens is 348 g/mol. The van der Waals surface area contributed by atoms with E-state index >= 15 is 0 Å². The van der Waals surface area contributed by atoms with Crippen molar-refractivity contribution in [3.05, 3.63) is 69.5 Å². The summed E-state index contributed by atoms with van der Waals surface area (Å²) in [5.74, 6) is -0.126. The van der Waals surface area contributed by atoms with Crippen LogP contribution in [0.4, 0.5) is 0 Å². The molecule has 25 heavy (non-hydrogen) atoms. The van der Waals surface area contributed by atoms with Gasteiger partial charge in [0.15, 0.2) is 6.61 Å². The fourth-order valence-corrected chi connectivity index (χ4v) is 2.34. The van der Waals surface area contributed by atoms with Crippen molar-refractivity contribution in [2.75, 3.05) is 6.61 Å². The first-order valence-corrected chi connectivity index (χ1v) is 7.69. The number of ether oxygens (including phenoxy) is 2. The maximum Gasteiger partial charge on any atom is 0.344 e. The van der Waals surface area contributed by atoms with Crippen LogP contribution in [0.15, 0.2) is 57.7 Å². The van der Waals surface area contributed by atoms with Crippen molar-refractivity contribution in [1.82, 2.24) is 0 Å². The lowest BCUT2D eigenvalue weighted by Gasteiger charge is -2.08. The minimum Gasteiger partial charge on any atom is -0.508 e. The predicted octanol–water partition coefficient (Wildman–Crippen LogP) is 3.27. The summed E-state index contributed by atoms with van der Waals surface area (Å²) in [7, 11) is 0. The van der Waals surface area contributed by atoms with Crippen molar-refractivity contribution >= 4 is 28.5 Å². The molecule has 0 atom stereocenters. The number of fused-ring (bicyclic) bond motifs is 1. The lowest BCUT2D eigenvalue weighted by atomic mass is 10.1. The topological polar surface area (TPSA) is 86.0 Å². The number of carbonyl (C=O) groups is 1. The normalized spacial score (nSPS) is 10.6. The third-order valence-corrected chi connectivity index (χ3v) is 3.62. The minimum absolute atomic E-state index is 0.0267. The van der Waals surface area contributed by atoms with Crippen LogP contribution in [0.25, 0.3) is 11.0 Å². The molecule has 0 aliphatic carbocycles. The lowest BCUT2D eigenvalue weighted by molar-refractivity contribution is -0.147. The Kier molecular flexibility index (Phi) is 4.90. The molecule has 0 bridgehead atoms. The summed E-state index contributed by atoms with van der Waals surface area (Å²) in [4.78, 5) is 23.4. The monoisotopic (exact) mass is 360 g/mol. The molecule has 0 amide bonds. The van der Waals surface area contributed by atoms with Gasteiger partial charge in [-0.15, -0.1) is 0 Å². The molecule has 0 spiro atoms. The second-order valence-electron chi connectivity index (χ2n) is 5.17. The average Bonchev–Trinajstić information content (AvgIpc) is 2.58. The Hall–Kier alpha value is -2.99. The third kappa shape index (κ3) is 4.30. The van der Waals surface area contributed by atoms with Crippen molar-refractivity contribution in [1.29, 1.82) is 0 Å². The SMILES string of the molecule is O=C(COc1ccc(Cl)cc1)OCc1cc(=O)oc2cc(O)ccc12. The molecule has 6 nitrogen and oxygen atoms in total. The van der Waals surface area contributed by atoms with Gasteiger partial charge in [0.25, 0.3) is 0 Å². The van der Waals surface area contributed by atoms with E-state index in [4.69, 9.17) is 25.5 Å². The van der Waals surface area contributed by atoms with E-state index in [1.807, 2.05) is 0 Å². The first-order chi connectivity index (χ1) is 12.0. The first kappa shape index (κ1) is 16.9. The van der Waals surface area contributed by atoms with Crippen LogP contribution in [0.1, 0.15) is 5.56 Å². The van der Waals surface area contributed by atoms with Crippen LogP contribution in [-0.4, -0.2) is 17.7 Å². The van der Waals surface area contributed by atoms with Gasteiger partial charge in [0.05, 0.1) is 0 Å². The summed E-state index contributed by atoms with van der Waals surface area (Å²) in [6, 6.07) is 12.2. The minimum atomic E-state index is -0.596. The highest BCUT2D eigenvalue weighted by molar-refractivity contribution is 6.30. The molecule has 2 aromatic carbocycles. The molecular formula is C18H13ClO6. The summed E-state index contributed by atoms with van der Waals surface area (Å²) in [6.07, 6.45) is 0. The Balaban J connectivity index is 1.65. The number of halogens is 1. The van der Waals surface area contributed by atoms with Crippen LogP contribution in [-0.2, 0) is 16.1 Å². The summed E-state index contributed by atoms with van der Waals surface area (Å²) in [5, 5.41) is 10.6. The number of rotatable bonds is 5. The van der Waals surface area contributed by atoms with E-state index in [0.29, 0.717) is 21.7 Å². The first-order valence-electron chi connectivity index (χ1n) is 7.31. The van der Waals surface area contributed by atoms with E-state index in [9.17, 15) is 14.7 Å². The number of esters is 1. The Labute approximate surface area is 147 Å². The van der Waals surface area contributed by atoms with Crippen LogP contribution < -0.4 is 10.4 Å². The van der Waals surface area contributed by atoms with Crippen LogP contribution in [0.2, 0.25) is 5.02 Å². The highest BCUT2D eigenvalue weighted by Crippen LogP contribution is 2.22. The molecule has 0 radical (unpaired) electrons. The zero-order valence-corrected chi connectivity index (χ0v) is 13.7. The zero-order chi connectivity index (χ0) is 17.8. The fraction of sp³-hybridized carbons (Fsp3) is 0.111. The van der Waals surface area contributed by atoms with E-state index in [1.54, 1.807) is 30.3 Å². The Morgan fingerprint density at radius 1 is 1.12 bits per heavy atom. The number of phenols is 1. The Morgan fingerprint density at radius 2 is 1.88 bits per heavy atom. The van der Waals surface area contributed by atoms with Crippen LogP contribution in [0.3, 0.4) is 0 Å². The molecule has 0 saturated carbocycles. The van der Waals surface area contributed by atoms with Crippen molar-refractivity contribution in [3.63, 3.8) is 0 Å². The second kappa shape index (κ2) is 7.27. The van der Waals surface area contributed by atoms with Crippen molar-refractivity contribution < 1.29 is 23.8 Å². The molecule has 0 unspecified atom stereocenters. The van der Waals surface area contributed by atoms with Crippen LogP contribution in [0, 0.1) is 0 Å². The number of benzene rings is 2. The summed E-state index contributed by atoms with van der Waals surface area (Å²) in [5.41, 5.74) is 0.101. The molecule has 1 aromatic heterocycles. The summed E-state index contributed by atoms with van der Waals surface area (Å²) in [6.45, 7) is -0.391. The van der Waals surface area contributed by atoms with Gasteiger partial charge in [0, 0.05) is 28.1 Å². The van der Waals surface area contributed by atoms with Gasteiger partial charge in [0.1, 0.15) is 23.7 Å². The number of hydrogen-bond acceptors (Lipinski definition) is 6. The van der Waals surface area contributed by atoms with Gasteiger partial charge < -0.3 is 19.0 Å². The van der Waals surface area contributed by atoms with Crippen molar-refractivity contribution in [2.24, 2.45) is 0 Å². The Bertz CT molecular complexity index is 961. The van der Waals surface area contributed by atoms with E-state index in [1.165, 1.54) is 18.2 Å². The molecule has 0 aliphatic rings. The molecule has 128 valence electrons. The molecule has 0 fully saturated rings. The van der Waals surface area contributed by atoms with Gasteiger partial charge in [-0.1, -0.05) is 11.6 Å². The van der Waals surface area contributed by atoms with E-state index in [2.05, 4.69) is 0 Å². The van der Waals surface area contributed by atoms with E-state index in [0.717, 1.165) is 0 Å². The number of phenolic OH excluding ortho intramolecular Hbond substituents is 1. The predicted molar refractivity (Wildman–Crippen MR) is 90.9 cm³/mol. The maximum absolute atomic E-state index is 11.8. The molecule has 3 aromatic rings. The van der Waals surface area contributed by atoms with Gasteiger partial charge in [0.2, 0.25) is 0 Å². The molecule has 7 heteroatoms. The van der Waals surface area contributed by atoms with Crippen LogP contribution >= 0.6 is 11.6 Å². The summed E-state index contributed by atoms with van der Waals surface area (Å²) < 4.78 is 15.4. The van der Waals surface area contributed by atoms with Gasteiger partial charge in [-0.3, -0.25) is 0 Å². The van der Waals surface area contributed by atoms with Crippen molar-refractivity contribution in [3.8, 4) is 11.5 Å². The molecule has 1 N–H and O–H groups in total. The second-order valence-corrected chi connectivity index (χ2v) is 5.61. The van der Waals surface area contributed by atoms with Crippen LogP contribution in [0.5, 0.6) is 11.5 Å². The van der Waals surface area contributed by atoms with Gasteiger partial charge in [-0.05, 0) is 36.4 Å². The molecule has 0 aliphatic heterocycles. The summed E-state index contributed by atoms with van der Waals surface area (Å²) >= 11 is 5.77. The Morgan fingerprint density at radius 3 is 2.64 bits per heavy atom. The maximum atomic E-state index is 11.8.